The molecule has 1 rings (SSSR count). The van der Waals surface area contributed by atoms with Crippen LogP contribution in [0.5, 0.6) is 0 Å². The van der Waals surface area contributed by atoms with E-state index in [0.29, 0.717) is 19.4 Å². The van der Waals surface area contributed by atoms with Crippen molar-refractivity contribution in [1.29, 1.82) is 0 Å². The molecule has 0 radical (unpaired) electrons. The number of piperidine rings is 1. The molecule has 3 unspecified atom stereocenters. The summed E-state index contributed by atoms with van der Waals surface area (Å²) in [7, 11) is 0. The van der Waals surface area contributed by atoms with Crippen LogP contribution in [0.25, 0.3) is 0 Å². The number of carbonyl (C=O) groups is 1. The Kier molecular flexibility index (Phi) is 2.37. The molecule has 4 heteroatoms. The molecule has 0 aromatic heterocycles. The first-order valence-corrected chi connectivity index (χ1v) is 3.28. The molecular formula is C6H11NO3. The average Bonchev–Trinajstić information content (AvgIpc) is 1.95. The van der Waals surface area contributed by atoms with Crippen LogP contribution in [0, 0.1) is 5.92 Å². The summed E-state index contributed by atoms with van der Waals surface area (Å²) in [5, 5.41) is 20.9. The van der Waals surface area contributed by atoms with Crippen LogP contribution in [0.4, 0.5) is 0 Å². The van der Waals surface area contributed by atoms with Gasteiger partial charge in [0.25, 0.3) is 0 Å². The van der Waals surface area contributed by atoms with E-state index in [4.69, 9.17) is 10.2 Å². The first kappa shape index (κ1) is 7.65. The zero-order valence-corrected chi connectivity index (χ0v) is 5.53. The fourth-order valence-electron chi connectivity index (χ4n) is 1.05. The minimum Gasteiger partial charge on any atom is -0.390 e. The Hall–Kier alpha value is -0.450. The fourth-order valence-corrected chi connectivity index (χ4v) is 1.05. The second kappa shape index (κ2) is 3.09. The Morgan fingerprint density at radius 1 is 1.40 bits per heavy atom. The molecule has 3 N–H and O–H groups in total. The normalized spacial score (nSPS) is 41.2. The van der Waals surface area contributed by atoms with Crippen molar-refractivity contribution in [3.63, 3.8) is 0 Å². The smallest absolute Gasteiger partial charge is 0.127 e. The standard InChI is InChI=1S/C6H11NO3/c8-3-4-1-7-2-5(9)6(4)10/h3-7,9-10H,1-2H2. The van der Waals surface area contributed by atoms with Gasteiger partial charge in [-0.05, 0) is 0 Å². The number of aliphatic hydroxyl groups excluding tert-OH is 2. The van der Waals surface area contributed by atoms with Gasteiger partial charge in [-0.3, -0.25) is 0 Å². The van der Waals surface area contributed by atoms with Crippen LogP contribution in [0.3, 0.4) is 0 Å². The molecule has 0 saturated carbocycles. The molecule has 1 aliphatic heterocycles. The number of rotatable bonds is 1. The molecule has 0 bridgehead atoms. The maximum Gasteiger partial charge on any atom is 0.127 e. The zero-order valence-electron chi connectivity index (χ0n) is 5.53. The van der Waals surface area contributed by atoms with Crippen molar-refractivity contribution in [3.05, 3.63) is 0 Å². The number of aliphatic hydroxyl groups is 2. The van der Waals surface area contributed by atoms with Crippen LogP contribution in [-0.4, -0.2) is 41.8 Å². The number of hydrogen-bond donors (Lipinski definition) is 3. The SMILES string of the molecule is O=CC1CNCC(O)C1O. The van der Waals surface area contributed by atoms with Crippen LogP contribution in [0.1, 0.15) is 0 Å². The van der Waals surface area contributed by atoms with Crippen molar-refractivity contribution in [1.82, 2.24) is 5.32 Å². The largest absolute Gasteiger partial charge is 0.390 e. The van der Waals surface area contributed by atoms with Crippen molar-refractivity contribution in [2.24, 2.45) is 5.92 Å². The first-order chi connectivity index (χ1) is 4.75. The molecule has 0 spiro atoms. The predicted octanol–water partition coefficient (Wildman–Crippen LogP) is -1.87. The van der Waals surface area contributed by atoms with Crippen molar-refractivity contribution in [2.45, 2.75) is 12.2 Å². The third-order valence-electron chi connectivity index (χ3n) is 1.74. The summed E-state index contributed by atoms with van der Waals surface area (Å²) in [6.45, 7) is 0.827. The van der Waals surface area contributed by atoms with Crippen molar-refractivity contribution < 1.29 is 15.0 Å². The third kappa shape index (κ3) is 1.34. The maximum absolute atomic E-state index is 10.2. The first-order valence-electron chi connectivity index (χ1n) is 3.28. The van der Waals surface area contributed by atoms with Crippen LogP contribution >= 0.6 is 0 Å². The number of aldehydes is 1. The summed E-state index contributed by atoms with van der Waals surface area (Å²) in [6.07, 6.45) is -1.03. The predicted molar refractivity (Wildman–Crippen MR) is 34.4 cm³/mol. The molecule has 0 aromatic rings. The maximum atomic E-state index is 10.2. The van der Waals surface area contributed by atoms with E-state index in [0.717, 1.165) is 0 Å². The quantitative estimate of drug-likeness (QED) is 0.378. The van der Waals surface area contributed by atoms with Gasteiger partial charge in [-0.2, -0.15) is 0 Å². The summed E-state index contributed by atoms with van der Waals surface area (Å²) in [5.41, 5.74) is 0. The molecule has 1 saturated heterocycles. The minimum absolute atomic E-state index is 0.367. The Morgan fingerprint density at radius 3 is 2.60 bits per heavy atom. The van der Waals surface area contributed by atoms with E-state index in [2.05, 4.69) is 5.32 Å². The molecule has 4 nitrogen and oxygen atoms in total. The van der Waals surface area contributed by atoms with E-state index >= 15 is 0 Å². The van der Waals surface area contributed by atoms with Crippen LogP contribution in [0.15, 0.2) is 0 Å². The van der Waals surface area contributed by atoms with Gasteiger partial charge < -0.3 is 20.3 Å². The topological polar surface area (TPSA) is 69.6 Å². The summed E-state index contributed by atoms with van der Waals surface area (Å²) >= 11 is 0. The van der Waals surface area contributed by atoms with E-state index in [1.165, 1.54) is 0 Å². The highest BCUT2D eigenvalue weighted by atomic mass is 16.3. The molecule has 58 valence electrons. The lowest BCUT2D eigenvalue weighted by Gasteiger charge is -2.28. The molecule has 1 heterocycles. The van der Waals surface area contributed by atoms with E-state index in [-0.39, 0.29) is 0 Å². The van der Waals surface area contributed by atoms with E-state index in [1.54, 1.807) is 0 Å². The summed E-state index contributed by atoms with van der Waals surface area (Å²) < 4.78 is 0. The van der Waals surface area contributed by atoms with E-state index in [1.807, 2.05) is 0 Å². The molecule has 0 aliphatic carbocycles. The monoisotopic (exact) mass is 145 g/mol. The molecule has 1 fully saturated rings. The van der Waals surface area contributed by atoms with Gasteiger partial charge in [0.05, 0.1) is 18.1 Å². The minimum atomic E-state index is -0.890. The summed E-state index contributed by atoms with van der Waals surface area (Å²) in [5.74, 6) is -0.455. The van der Waals surface area contributed by atoms with Crippen LogP contribution < -0.4 is 5.32 Å². The fraction of sp³-hybridized carbons (Fsp3) is 0.833. The van der Waals surface area contributed by atoms with Gasteiger partial charge in [-0.25, -0.2) is 0 Å². The Labute approximate surface area is 58.9 Å². The number of hydrogen-bond acceptors (Lipinski definition) is 4. The molecule has 0 amide bonds. The second-order valence-corrected chi connectivity index (χ2v) is 2.52. The van der Waals surface area contributed by atoms with Gasteiger partial charge in [0.1, 0.15) is 6.29 Å². The number of nitrogens with one attached hydrogen (secondary N) is 1. The molecule has 3 atom stereocenters. The molecule has 10 heavy (non-hydrogen) atoms. The average molecular weight is 145 g/mol. The highest BCUT2D eigenvalue weighted by Gasteiger charge is 2.29. The van der Waals surface area contributed by atoms with Crippen molar-refractivity contribution >= 4 is 6.29 Å². The van der Waals surface area contributed by atoms with Gasteiger partial charge in [0.15, 0.2) is 0 Å². The number of β-amino-alcohol motifs (C(OH)–C–C–N with tert-alkyl or cyclic N) is 1. The van der Waals surface area contributed by atoms with Gasteiger partial charge >= 0.3 is 0 Å². The lowest BCUT2D eigenvalue weighted by atomic mass is 9.96. The van der Waals surface area contributed by atoms with Gasteiger partial charge in [-0.1, -0.05) is 0 Å². The van der Waals surface area contributed by atoms with E-state index < -0.39 is 18.1 Å². The summed E-state index contributed by atoms with van der Waals surface area (Å²) in [4.78, 5) is 10.2. The van der Waals surface area contributed by atoms with E-state index in [9.17, 15) is 4.79 Å². The molecule has 0 aromatic carbocycles. The summed E-state index contributed by atoms with van der Waals surface area (Å²) in [6, 6.07) is 0. The zero-order chi connectivity index (χ0) is 7.56. The van der Waals surface area contributed by atoms with Crippen molar-refractivity contribution in [2.75, 3.05) is 13.1 Å². The lowest BCUT2D eigenvalue weighted by Crippen LogP contribution is -2.50. The lowest BCUT2D eigenvalue weighted by molar-refractivity contribution is -0.119. The molecular weight excluding hydrogens is 134 g/mol. The Bertz CT molecular complexity index is 128. The van der Waals surface area contributed by atoms with Gasteiger partial charge in [-0.15, -0.1) is 0 Å². The Balaban J connectivity index is 2.50. The number of carbonyl (C=O) groups excluding carboxylic acids is 1. The van der Waals surface area contributed by atoms with Gasteiger partial charge in [0.2, 0.25) is 0 Å². The van der Waals surface area contributed by atoms with Crippen LogP contribution in [0.2, 0.25) is 0 Å². The second-order valence-electron chi connectivity index (χ2n) is 2.52. The highest BCUT2D eigenvalue weighted by Crippen LogP contribution is 2.08. The highest BCUT2D eigenvalue weighted by molar-refractivity contribution is 5.55. The third-order valence-corrected chi connectivity index (χ3v) is 1.74. The molecule has 1 aliphatic rings. The van der Waals surface area contributed by atoms with Crippen molar-refractivity contribution in [3.8, 4) is 0 Å². The Morgan fingerprint density at radius 2 is 2.10 bits per heavy atom. The van der Waals surface area contributed by atoms with Gasteiger partial charge in [0, 0.05) is 13.1 Å². The van der Waals surface area contributed by atoms with Crippen LogP contribution in [-0.2, 0) is 4.79 Å².